The van der Waals surface area contributed by atoms with Crippen LogP contribution in [-0.4, -0.2) is 49.7 Å². The van der Waals surface area contributed by atoms with Gasteiger partial charge in [-0.3, -0.25) is 4.79 Å². The molecule has 26 heavy (non-hydrogen) atoms. The third-order valence-corrected chi connectivity index (χ3v) is 5.72. The molecule has 7 nitrogen and oxygen atoms in total. The molecule has 1 aliphatic rings. The molecule has 1 saturated heterocycles. The van der Waals surface area contributed by atoms with Crippen molar-refractivity contribution in [3.63, 3.8) is 0 Å². The molecule has 1 aromatic carbocycles. The third-order valence-electron chi connectivity index (χ3n) is 4.61. The number of anilines is 1. The van der Waals surface area contributed by atoms with Gasteiger partial charge in [0.15, 0.2) is 9.84 Å². The topological polar surface area (TPSA) is 92.3 Å². The van der Waals surface area contributed by atoms with Crippen molar-refractivity contribution < 1.29 is 13.2 Å². The molecule has 1 aliphatic heterocycles. The first-order valence-corrected chi connectivity index (χ1v) is 10.6. The monoisotopic (exact) mass is 376 g/mol. The van der Waals surface area contributed by atoms with Crippen molar-refractivity contribution in [3.05, 3.63) is 24.5 Å². The molecule has 2 heterocycles. The molecule has 0 bridgehead atoms. The highest BCUT2D eigenvalue weighted by molar-refractivity contribution is 7.90. The summed E-state index contributed by atoms with van der Waals surface area (Å²) >= 11 is 0. The predicted molar refractivity (Wildman–Crippen MR) is 101 cm³/mol. The van der Waals surface area contributed by atoms with Gasteiger partial charge < -0.3 is 10.2 Å². The van der Waals surface area contributed by atoms with E-state index >= 15 is 0 Å². The van der Waals surface area contributed by atoms with E-state index < -0.39 is 9.84 Å². The molecule has 1 N–H and O–H groups in total. The molecule has 3 rings (SSSR count). The Kier molecular flexibility index (Phi) is 5.13. The molecule has 1 amide bonds. The lowest BCUT2D eigenvalue weighted by atomic mass is 10.0. The van der Waals surface area contributed by atoms with Crippen molar-refractivity contribution in [1.29, 1.82) is 0 Å². The summed E-state index contributed by atoms with van der Waals surface area (Å²) in [5.74, 6) is 0.704. The minimum absolute atomic E-state index is 0.0451. The highest BCUT2D eigenvalue weighted by Gasteiger charge is 2.24. The van der Waals surface area contributed by atoms with Gasteiger partial charge in [0, 0.05) is 36.7 Å². The molecule has 0 saturated carbocycles. The summed E-state index contributed by atoms with van der Waals surface area (Å²) in [6, 6.07) is 4.97. The largest absolute Gasteiger partial charge is 0.354 e. The van der Waals surface area contributed by atoms with Crippen LogP contribution >= 0.6 is 0 Å². The highest BCUT2D eigenvalue weighted by Crippen LogP contribution is 2.28. The van der Waals surface area contributed by atoms with Gasteiger partial charge in [-0.05, 0) is 31.0 Å². The van der Waals surface area contributed by atoms with Gasteiger partial charge in [0.25, 0.3) is 0 Å². The van der Waals surface area contributed by atoms with Gasteiger partial charge in [0.2, 0.25) is 5.91 Å². The summed E-state index contributed by atoms with van der Waals surface area (Å²) in [5.41, 5.74) is 0.704. The number of hydrogen-bond acceptors (Lipinski definition) is 6. The van der Waals surface area contributed by atoms with Crippen molar-refractivity contribution in [1.82, 2.24) is 15.3 Å². The molecule has 0 aliphatic carbocycles. The summed E-state index contributed by atoms with van der Waals surface area (Å²) in [4.78, 5) is 23.0. The van der Waals surface area contributed by atoms with Crippen molar-refractivity contribution in [2.75, 3.05) is 24.2 Å². The molecule has 140 valence electrons. The first-order chi connectivity index (χ1) is 12.3. The van der Waals surface area contributed by atoms with E-state index in [1.54, 1.807) is 18.2 Å². The Labute approximate surface area is 153 Å². The number of nitrogens with zero attached hydrogens (tertiary/aromatic N) is 3. The van der Waals surface area contributed by atoms with Crippen LogP contribution in [0.2, 0.25) is 0 Å². The van der Waals surface area contributed by atoms with E-state index in [2.05, 4.69) is 20.2 Å². The number of hydrogen-bond donors (Lipinski definition) is 1. The summed E-state index contributed by atoms with van der Waals surface area (Å²) in [6.07, 6.45) is 4.54. The van der Waals surface area contributed by atoms with Gasteiger partial charge in [0.1, 0.15) is 12.1 Å². The fraction of sp³-hybridized carbons (Fsp3) is 0.500. The second kappa shape index (κ2) is 7.19. The Morgan fingerprint density at radius 3 is 2.77 bits per heavy atom. The van der Waals surface area contributed by atoms with Gasteiger partial charge in [-0.1, -0.05) is 13.8 Å². The third kappa shape index (κ3) is 3.95. The zero-order valence-electron chi connectivity index (χ0n) is 15.3. The number of nitrogens with one attached hydrogen (secondary N) is 1. The number of fused-ring (bicyclic) bond motifs is 1. The van der Waals surface area contributed by atoms with Crippen LogP contribution in [0.25, 0.3) is 10.9 Å². The molecule has 8 heteroatoms. The molecule has 2 aromatic rings. The fourth-order valence-corrected chi connectivity index (χ4v) is 3.81. The van der Waals surface area contributed by atoms with Gasteiger partial charge in [-0.15, -0.1) is 0 Å². The first kappa shape index (κ1) is 18.6. The zero-order valence-corrected chi connectivity index (χ0v) is 16.1. The Hall–Kier alpha value is -2.22. The Balaban J connectivity index is 1.92. The number of rotatable bonds is 4. The molecule has 0 spiro atoms. The fourth-order valence-electron chi connectivity index (χ4n) is 3.16. The van der Waals surface area contributed by atoms with Crippen LogP contribution in [0.3, 0.4) is 0 Å². The molecule has 1 atom stereocenters. The van der Waals surface area contributed by atoms with Crippen molar-refractivity contribution in [3.8, 4) is 0 Å². The lowest BCUT2D eigenvalue weighted by Crippen LogP contribution is -2.49. The summed E-state index contributed by atoms with van der Waals surface area (Å²) < 4.78 is 23.8. The van der Waals surface area contributed by atoms with Gasteiger partial charge in [-0.25, -0.2) is 18.4 Å². The van der Waals surface area contributed by atoms with E-state index in [0.29, 0.717) is 23.3 Å². The number of amides is 1. The second-order valence-electron chi connectivity index (χ2n) is 7.10. The van der Waals surface area contributed by atoms with Crippen molar-refractivity contribution >= 4 is 32.5 Å². The van der Waals surface area contributed by atoms with E-state index in [1.165, 1.54) is 12.6 Å². The summed E-state index contributed by atoms with van der Waals surface area (Å²) in [7, 11) is -3.31. The van der Waals surface area contributed by atoms with Gasteiger partial charge in [0.05, 0.1) is 10.4 Å². The van der Waals surface area contributed by atoms with Crippen LogP contribution in [0, 0.1) is 5.92 Å². The number of sulfone groups is 1. The smallest absolute Gasteiger partial charge is 0.222 e. The lowest BCUT2D eigenvalue weighted by molar-refractivity contribution is -0.124. The van der Waals surface area contributed by atoms with Gasteiger partial charge >= 0.3 is 0 Å². The van der Waals surface area contributed by atoms with Crippen molar-refractivity contribution in [2.45, 2.75) is 37.6 Å². The normalized spacial score (nSPS) is 18.3. The average Bonchev–Trinajstić information content (AvgIpc) is 2.60. The van der Waals surface area contributed by atoms with Crippen LogP contribution in [0.4, 0.5) is 5.82 Å². The Morgan fingerprint density at radius 2 is 2.08 bits per heavy atom. The maximum atomic E-state index is 12.0. The van der Waals surface area contributed by atoms with Crippen LogP contribution in [0.15, 0.2) is 29.4 Å². The predicted octanol–water partition coefficient (Wildman–Crippen LogP) is 1.77. The summed E-state index contributed by atoms with van der Waals surface area (Å²) in [6.45, 7) is 5.21. The average molecular weight is 376 g/mol. The quantitative estimate of drug-likeness (QED) is 0.874. The molecule has 1 unspecified atom stereocenters. The first-order valence-electron chi connectivity index (χ1n) is 8.76. The van der Waals surface area contributed by atoms with E-state index in [0.717, 1.165) is 19.4 Å². The lowest BCUT2D eigenvalue weighted by Gasteiger charge is -2.34. The minimum Gasteiger partial charge on any atom is -0.354 e. The number of carbonyl (C=O) groups is 1. The number of benzene rings is 1. The van der Waals surface area contributed by atoms with Gasteiger partial charge in [-0.2, -0.15) is 0 Å². The van der Waals surface area contributed by atoms with E-state index in [4.69, 9.17) is 0 Å². The second-order valence-corrected chi connectivity index (χ2v) is 9.11. The standard InChI is InChI=1S/C18H24N4O3S/c1-12(2)18(23)21-13-5-4-8-22(10-13)17-15-9-14(26(3,24)25)6-7-16(15)19-11-20-17/h6-7,9,11-13H,4-5,8,10H2,1-3H3,(H,21,23). The molecule has 1 aromatic heterocycles. The minimum atomic E-state index is -3.31. The van der Waals surface area contributed by atoms with E-state index in [1.807, 2.05) is 13.8 Å². The van der Waals surface area contributed by atoms with E-state index in [-0.39, 0.29) is 22.8 Å². The molecular formula is C18H24N4O3S. The number of piperidine rings is 1. The highest BCUT2D eigenvalue weighted by atomic mass is 32.2. The van der Waals surface area contributed by atoms with Crippen molar-refractivity contribution in [2.24, 2.45) is 5.92 Å². The van der Waals surface area contributed by atoms with Crippen LogP contribution in [0.5, 0.6) is 0 Å². The Bertz CT molecular complexity index is 927. The van der Waals surface area contributed by atoms with Crippen LogP contribution in [0.1, 0.15) is 26.7 Å². The van der Waals surface area contributed by atoms with E-state index in [9.17, 15) is 13.2 Å². The number of aromatic nitrogens is 2. The number of carbonyl (C=O) groups excluding carboxylic acids is 1. The summed E-state index contributed by atoms with van der Waals surface area (Å²) in [5, 5.41) is 3.80. The molecular weight excluding hydrogens is 352 g/mol. The SMILES string of the molecule is CC(C)C(=O)NC1CCCN(c2ncnc3ccc(S(C)(=O)=O)cc23)C1. The zero-order chi connectivity index (χ0) is 18.9. The maximum absolute atomic E-state index is 12.0. The van der Waals surface area contributed by atoms with Crippen LogP contribution in [-0.2, 0) is 14.6 Å². The Morgan fingerprint density at radius 1 is 1.31 bits per heavy atom. The maximum Gasteiger partial charge on any atom is 0.222 e. The molecule has 1 fully saturated rings. The molecule has 0 radical (unpaired) electrons. The van der Waals surface area contributed by atoms with Crippen LogP contribution < -0.4 is 10.2 Å².